The molecule has 0 unspecified atom stereocenters. The Morgan fingerprint density at radius 3 is 2.48 bits per heavy atom. The Morgan fingerprint density at radius 1 is 1.29 bits per heavy atom. The summed E-state index contributed by atoms with van der Waals surface area (Å²) in [7, 11) is 1.71. The lowest BCUT2D eigenvalue weighted by Gasteiger charge is -2.19. The van der Waals surface area contributed by atoms with Crippen LogP contribution >= 0.6 is 12.4 Å². The summed E-state index contributed by atoms with van der Waals surface area (Å²) in [6.45, 7) is 5.33. The quantitative estimate of drug-likeness (QED) is 0.877. The minimum absolute atomic E-state index is 0. The lowest BCUT2D eigenvalue weighted by molar-refractivity contribution is -0.117. The first-order valence-electron chi connectivity index (χ1n) is 7.09. The topological polar surface area (TPSA) is 47.6 Å². The summed E-state index contributed by atoms with van der Waals surface area (Å²) in [4.78, 5) is 11.1. The third-order valence-corrected chi connectivity index (χ3v) is 3.74. The number of rotatable bonds is 6. The molecule has 118 valence electrons. The van der Waals surface area contributed by atoms with Crippen LogP contribution in [0.2, 0.25) is 0 Å². The van der Waals surface area contributed by atoms with Crippen LogP contribution in [0.4, 0.5) is 0 Å². The normalized spacial score (nSPS) is 22.4. The predicted octanol–water partition coefficient (Wildman–Crippen LogP) is 2.56. The second-order valence-electron chi connectivity index (χ2n) is 5.46. The van der Waals surface area contributed by atoms with Crippen molar-refractivity contribution in [1.29, 1.82) is 0 Å². The Kier molecular flexibility index (Phi) is 7.15. The van der Waals surface area contributed by atoms with Gasteiger partial charge in [-0.2, -0.15) is 0 Å². The number of ether oxygens (including phenoxy) is 2. The second-order valence-corrected chi connectivity index (χ2v) is 5.46. The van der Waals surface area contributed by atoms with Crippen LogP contribution in [-0.4, -0.2) is 38.2 Å². The molecule has 4 nitrogen and oxygen atoms in total. The van der Waals surface area contributed by atoms with Gasteiger partial charge in [0.05, 0.1) is 0 Å². The number of nitrogens with one attached hydrogen (secondary N) is 1. The third kappa shape index (κ3) is 4.99. The van der Waals surface area contributed by atoms with Crippen LogP contribution < -0.4 is 10.1 Å². The molecule has 1 aromatic carbocycles. The number of ketones is 1. The lowest BCUT2D eigenvalue weighted by atomic mass is 9.96. The first kappa shape index (κ1) is 18.0. The van der Waals surface area contributed by atoms with Gasteiger partial charge in [-0.25, -0.2) is 0 Å². The maximum absolute atomic E-state index is 11.1. The van der Waals surface area contributed by atoms with Crippen LogP contribution in [0.3, 0.4) is 0 Å². The summed E-state index contributed by atoms with van der Waals surface area (Å²) >= 11 is 0. The summed E-state index contributed by atoms with van der Waals surface area (Å²) in [6, 6.07) is 8.01. The van der Waals surface area contributed by atoms with E-state index in [2.05, 4.69) is 12.2 Å². The Labute approximate surface area is 132 Å². The molecule has 1 heterocycles. The van der Waals surface area contributed by atoms with Gasteiger partial charge in [0.2, 0.25) is 0 Å². The van der Waals surface area contributed by atoms with E-state index in [9.17, 15) is 4.79 Å². The van der Waals surface area contributed by atoms with Crippen molar-refractivity contribution in [3.05, 3.63) is 29.8 Å². The van der Waals surface area contributed by atoms with Crippen LogP contribution in [0.25, 0.3) is 0 Å². The van der Waals surface area contributed by atoms with E-state index in [4.69, 9.17) is 9.47 Å². The number of carbonyl (C=O) groups excluding carboxylic acids is 1. The van der Waals surface area contributed by atoms with Gasteiger partial charge in [0.25, 0.3) is 0 Å². The SMILES string of the molecule is CO[C@@H]1CNC[C@@H]1Oc1ccc([C@H](C)CC(C)=O)cc1.Cl. The minimum Gasteiger partial charge on any atom is -0.486 e. The van der Waals surface area contributed by atoms with Gasteiger partial charge in [-0.1, -0.05) is 19.1 Å². The van der Waals surface area contributed by atoms with Crippen LogP contribution in [0.5, 0.6) is 5.75 Å². The van der Waals surface area contributed by atoms with E-state index in [1.54, 1.807) is 14.0 Å². The fourth-order valence-electron chi connectivity index (χ4n) is 2.58. The van der Waals surface area contributed by atoms with Crippen LogP contribution in [0, 0.1) is 0 Å². The summed E-state index contributed by atoms with van der Waals surface area (Å²) in [5, 5.41) is 3.26. The maximum Gasteiger partial charge on any atom is 0.138 e. The second kappa shape index (κ2) is 8.37. The Morgan fingerprint density at radius 2 is 1.90 bits per heavy atom. The molecule has 0 saturated carbocycles. The van der Waals surface area contributed by atoms with Gasteiger partial charge < -0.3 is 19.6 Å². The first-order valence-corrected chi connectivity index (χ1v) is 7.09. The molecule has 0 spiro atoms. The van der Waals surface area contributed by atoms with E-state index in [0.717, 1.165) is 18.8 Å². The first-order chi connectivity index (χ1) is 9.60. The highest BCUT2D eigenvalue weighted by Crippen LogP contribution is 2.23. The van der Waals surface area contributed by atoms with Crippen molar-refractivity contribution in [2.24, 2.45) is 0 Å². The fourth-order valence-corrected chi connectivity index (χ4v) is 2.58. The highest BCUT2D eigenvalue weighted by atomic mass is 35.5. The Hall–Kier alpha value is -1.10. The van der Waals surface area contributed by atoms with Crippen molar-refractivity contribution < 1.29 is 14.3 Å². The molecule has 0 amide bonds. The molecular formula is C16H24ClNO3. The minimum atomic E-state index is 0. The maximum atomic E-state index is 11.1. The predicted molar refractivity (Wildman–Crippen MR) is 85.5 cm³/mol. The van der Waals surface area contributed by atoms with Gasteiger partial charge in [-0.05, 0) is 30.5 Å². The van der Waals surface area contributed by atoms with Crippen LogP contribution in [-0.2, 0) is 9.53 Å². The van der Waals surface area contributed by atoms with Crippen LogP contribution in [0.15, 0.2) is 24.3 Å². The highest BCUT2D eigenvalue weighted by Gasteiger charge is 2.28. The summed E-state index contributed by atoms with van der Waals surface area (Å²) in [5.74, 6) is 1.32. The van der Waals surface area contributed by atoms with E-state index in [1.165, 1.54) is 5.56 Å². The molecule has 1 N–H and O–H groups in total. The molecule has 0 radical (unpaired) electrons. The molecule has 2 rings (SSSR count). The van der Waals surface area contributed by atoms with Crippen LogP contribution in [0.1, 0.15) is 31.7 Å². The zero-order valence-corrected chi connectivity index (χ0v) is 13.6. The van der Waals surface area contributed by atoms with E-state index in [-0.39, 0.29) is 36.3 Å². The molecule has 0 bridgehead atoms. The molecule has 1 aliphatic rings. The number of benzene rings is 1. The molecule has 3 atom stereocenters. The molecule has 0 aliphatic carbocycles. The third-order valence-electron chi connectivity index (χ3n) is 3.74. The molecule has 21 heavy (non-hydrogen) atoms. The van der Waals surface area contributed by atoms with Gasteiger partial charge in [0.15, 0.2) is 0 Å². The summed E-state index contributed by atoms with van der Waals surface area (Å²) in [5.41, 5.74) is 1.17. The molecule has 1 aliphatic heterocycles. The highest BCUT2D eigenvalue weighted by molar-refractivity contribution is 5.85. The molecule has 1 aromatic rings. The number of methoxy groups -OCH3 is 1. The largest absolute Gasteiger partial charge is 0.486 e. The Balaban J connectivity index is 0.00000220. The fraction of sp³-hybridized carbons (Fsp3) is 0.562. The van der Waals surface area contributed by atoms with Crippen molar-refractivity contribution in [3.63, 3.8) is 0 Å². The van der Waals surface area contributed by atoms with Crippen molar-refractivity contribution in [1.82, 2.24) is 5.32 Å². The van der Waals surface area contributed by atoms with E-state index >= 15 is 0 Å². The van der Waals surface area contributed by atoms with E-state index in [1.807, 2.05) is 24.3 Å². The number of carbonyl (C=O) groups is 1. The standard InChI is InChI=1S/C16H23NO3.ClH/c1-11(8-12(2)18)13-4-6-14(7-5-13)20-16-10-17-9-15(16)19-3;/h4-7,11,15-17H,8-10H2,1-3H3;1H/t11-,15-,16+;/m1./s1. The van der Waals surface area contributed by atoms with Crippen molar-refractivity contribution >= 4 is 18.2 Å². The Bertz CT molecular complexity index is 449. The van der Waals surface area contributed by atoms with Gasteiger partial charge in [0.1, 0.15) is 23.7 Å². The van der Waals surface area contributed by atoms with E-state index < -0.39 is 0 Å². The summed E-state index contributed by atoms with van der Waals surface area (Å²) in [6.07, 6.45) is 0.741. The zero-order chi connectivity index (χ0) is 14.5. The van der Waals surface area contributed by atoms with Gasteiger partial charge in [-0.3, -0.25) is 0 Å². The number of Topliss-reactive ketones (excluding diaryl/α,β-unsaturated/α-hetero) is 1. The molecular weight excluding hydrogens is 290 g/mol. The molecule has 0 aromatic heterocycles. The average molecular weight is 314 g/mol. The van der Waals surface area contributed by atoms with Crippen molar-refractivity contribution in [3.8, 4) is 5.75 Å². The molecule has 1 fully saturated rings. The number of halogens is 1. The van der Waals surface area contributed by atoms with E-state index in [0.29, 0.717) is 6.42 Å². The van der Waals surface area contributed by atoms with Gasteiger partial charge in [0, 0.05) is 26.6 Å². The lowest BCUT2D eigenvalue weighted by Crippen LogP contribution is -2.31. The van der Waals surface area contributed by atoms with Crippen molar-refractivity contribution in [2.45, 2.75) is 38.4 Å². The van der Waals surface area contributed by atoms with Gasteiger partial charge >= 0.3 is 0 Å². The van der Waals surface area contributed by atoms with Crippen molar-refractivity contribution in [2.75, 3.05) is 20.2 Å². The molecule has 5 heteroatoms. The summed E-state index contributed by atoms with van der Waals surface area (Å²) < 4.78 is 11.3. The van der Waals surface area contributed by atoms with Gasteiger partial charge in [-0.15, -0.1) is 12.4 Å². The zero-order valence-electron chi connectivity index (χ0n) is 12.8. The smallest absolute Gasteiger partial charge is 0.138 e. The number of hydrogen-bond acceptors (Lipinski definition) is 4. The average Bonchev–Trinajstić information content (AvgIpc) is 2.86. The molecule has 1 saturated heterocycles. The number of hydrogen-bond donors (Lipinski definition) is 1. The monoisotopic (exact) mass is 313 g/mol.